The zero-order valence-corrected chi connectivity index (χ0v) is 18.1. The number of para-hydroxylation sites is 1. The van der Waals surface area contributed by atoms with Crippen molar-refractivity contribution >= 4 is 16.9 Å². The second-order valence-electron chi connectivity index (χ2n) is 7.18. The van der Waals surface area contributed by atoms with Crippen LogP contribution in [-0.4, -0.2) is 44.4 Å². The van der Waals surface area contributed by atoms with Crippen LogP contribution in [0.3, 0.4) is 0 Å². The molecule has 0 bridgehead atoms. The van der Waals surface area contributed by atoms with Crippen molar-refractivity contribution in [3.8, 4) is 5.75 Å². The average Bonchev–Trinajstić information content (AvgIpc) is 3.16. The summed E-state index contributed by atoms with van der Waals surface area (Å²) in [5.74, 6) is 1.67. The molecule has 6 heteroatoms. The Morgan fingerprint density at radius 3 is 2.77 bits per heavy atom. The first-order valence-electron chi connectivity index (χ1n) is 10.5. The van der Waals surface area contributed by atoms with E-state index in [1.54, 1.807) is 7.11 Å². The molecule has 0 saturated heterocycles. The lowest BCUT2D eigenvalue weighted by molar-refractivity contribution is 0.145. The molecule has 3 aromatic rings. The number of aryl methyl sites for hydroxylation is 1. The third kappa shape index (κ3) is 6.00. The summed E-state index contributed by atoms with van der Waals surface area (Å²) in [5.41, 5.74) is 4.71. The highest BCUT2D eigenvalue weighted by Crippen LogP contribution is 2.21. The number of hydrogen-bond acceptors (Lipinski definition) is 3. The topological polar surface area (TPSA) is 70.7 Å². The van der Waals surface area contributed by atoms with Gasteiger partial charge in [0.15, 0.2) is 5.96 Å². The molecule has 6 nitrogen and oxygen atoms in total. The Balaban J connectivity index is 1.61. The lowest BCUT2D eigenvalue weighted by Gasteiger charge is -2.13. The van der Waals surface area contributed by atoms with Gasteiger partial charge in [0.25, 0.3) is 0 Å². The summed E-state index contributed by atoms with van der Waals surface area (Å²) in [6.07, 6.45) is 3.01. The Hall–Kier alpha value is -2.99. The molecule has 160 valence electrons. The van der Waals surface area contributed by atoms with Crippen molar-refractivity contribution in [2.75, 3.05) is 33.4 Å². The fourth-order valence-electron chi connectivity index (χ4n) is 3.32. The maximum atomic E-state index is 5.88. The van der Waals surface area contributed by atoms with Gasteiger partial charge in [-0.2, -0.15) is 0 Å². The summed E-state index contributed by atoms with van der Waals surface area (Å²) in [6, 6.07) is 14.6. The average molecular weight is 409 g/mol. The van der Waals surface area contributed by atoms with Crippen molar-refractivity contribution in [3.63, 3.8) is 0 Å². The summed E-state index contributed by atoms with van der Waals surface area (Å²) in [5, 5.41) is 8.04. The van der Waals surface area contributed by atoms with Crippen molar-refractivity contribution in [1.29, 1.82) is 0 Å². The Bertz CT molecular complexity index is 965. The van der Waals surface area contributed by atoms with E-state index < -0.39 is 0 Å². The van der Waals surface area contributed by atoms with E-state index in [9.17, 15) is 0 Å². The number of nitrogens with zero attached hydrogens (tertiary/aromatic N) is 1. The lowest BCUT2D eigenvalue weighted by Crippen LogP contribution is -2.38. The second kappa shape index (κ2) is 11.3. The van der Waals surface area contributed by atoms with Gasteiger partial charge in [0.05, 0.1) is 13.2 Å². The number of benzene rings is 2. The largest absolute Gasteiger partial charge is 0.491 e. The predicted molar refractivity (Wildman–Crippen MR) is 123 cm³/mol. The third-order valence-electron chi connectivity index (χ3n) is 4.88. The van der Waals surface area contributed by atoms with Gasteiger partial charge < -0.3 is 25.1 Å². The lowest BCUT2D eigenvalue weighted by atomic mass is 10.1. The SMILES string of the molecule is CCNC(=NCc1ccc(C)cc1OCCOC)NCCc1c[nH]c2ccccc12. The van der Waals surface area contributed by atoms with Crippen LogP contribution < -0.4 is 15.4 Å². The summed E-state index contributed by atoms with van der Waals surface area (Å²) < 4.78 is 11.0. The van der Waals surface area contributed by atoms with Crippen molar-refractivity contribution in [2.45, 2.75) is 26.8 Å². The highest BCUT2D eigenvalue weighted by molar-refractivity contribution is 5.83. The number of methoxy groups -OCH3 is 1. The molecular formula is C24H32N4O2. The van der Waals surface area contributed by atoms with Crippen LogP contribution in [0.4, 0.5) is 0 Å². The summed E-state index contributed by atoms with van der Waals surface area (Å²) in [6.45, 7) is 7.39. The standard InChI is InChI=1S/C24H32N4O2/c1-4-25-24(26-12-11-19-16-27-22-8-6-5-7-21(19)22)28-17-20-10-9-18(2)15-23(20)30-14-13-29-3/h5-10,15-16,27H,4,11-14,17H2,1-3H3,(H2,25,26,28). The van der Waals surface area contributed by atoms with Gasteiger partial charge in [0.1, 0.15) is 12.4 Å². The summed E-state index contributed by atoms with van der Waals surface area (Å²) in [4.78, 5) is 8.09. The minimum atomic E-state index is 0.527. The zero-order valence-electron chi connectivity index (χ0n) is 18.1. The monoisotopic (exact) mass is 408 g/mol. The van der Waals surface area contributed by atoms with E-state index in [1.807, 2.05) is 0 Å². The van der Waals surface area contributed by atoms with Crippen LogP contribution in [0, 0.1) is 6.92 Å². The van der Waals surface area contributed by atoms with Crippen molar-refractivity contribution in [2.24, 2.45) is 4.99 Å². The van der Waals surface area contributed by atoms with Crippen molar-refractivity contribution in [3.05, 3.63) is 65.4 Å². The molecule has 0 atom stereocenters. The molecule has 0 unspecified atom stereocenters. The van der Waals surface area contributed by atoms with Gasteiger partial charge in [-0.25, -0.2) is 4.99 Å². The Morgan fingerprint density at radius 1 is 1.07 bits per heavy atom. The van der Waals surface area contributed by atoms with Gasteiger partial charge >= 0.3 is 0 Å². The van der Waals surface area contributed by atoms with E-state index in [4.69, 9.17) is 14.5 Å². The maximum absolute atomic E-state index is 5.88. The number of hydrogen-bond donors (Lipinski definition) is 3. The van der Waals surface area contributed by atoms with E-state index in [0.717, 1.165) is 36.8 Å². The first-order valence-corrected chi connectivity index (χ1v) is 10.5. The van der Waals surface area contributed by atoms with Gasteiger partial charge in [-0.1, -0.05) is 30.3 Å². The van der Waals surface area contributed by atoms with Crippen LogP contribution in [0.5, 0.6) is 5.75 Å². The predicted octanol–water partition coefficient (Wildman–Crippen LogP) is 3.80. The molecule has 2 aromatic carbocycles. The van der Waals surface area contributed by atoms with Gasteiger partial charge in [-0.3, -0.25) is 0 Å². The minimum absolute atomic E-state index is 0.527. The minimum Gasteiger partial charge on any atom is -0.491 e. The molecule has 0 aliphatic carbocycles. The van der Waals surface area contributed by atoms with Crippen LogP contribution in [0.15, 0.2) is 53.7 Å². The van der Waals surface area contributed by atoms with Crippen LogP contribution in [0.2, 0.25) is 0 Å². The molecule has 1 heterocycles. The number of nitrogens with one attached hydrogen (secondary N) is 3. The number of aromatic nitrogens is 1. The number of ether oxygens (including phenoxy) is 2. The molecule has 0 saturated carbocycles. The molecule has 0 aliphatic heterocycles. The highest BCUT2D eigenvalue weighted by Gasteiger charge is 2.06. The molecule has 3 rings (SSSR count). The van der Waals surface area contributed by atoms with E-state index in [1.165, 1.54) is 22.0 Å². The molecule has 1 aromatic heterocycles. The molecule has 0 spiro atoms. The Kier molecular flexibility index (Phi) is 8.15. The molecule has 0 amide bonds. The Morgan fingerprint density at radius 2 is 1.93 bits per heavy atom. The molecule has 0 aliphatic rings. The molecule has 30 heavy (non-hydrogen) atoms. The first kappa shape index (κ1) is 21.7. The summed E-state index contributed by atoms with van der Waals surface area (Å²) >= 11 is 0. The number of aliphatic imine (C=N–C) groups is 1. The zero-order chi connectivity index (χ0) is 21.2. The fourth-order valence-corrected chi connectivity index (χ4v) is 3.32. The van der Waals surface area contributed by atoms with Crippen molar-refractivity contribution < 1.29 is 9.47 Å². The molecule has 0 fully saturated rings. The maximum Gasteiger partial charge on any atom is 0.191 e. The normalized spacial score (nSPS) is 11.6. The van der Waals surface area contributed by atoms with Gasteiger partial charge in [0.2, 0.25) is 0 Å². The number of aromatic amines is 1. The van der Waals surface area contributed by atoms with Crippen LogP contribution in [-0.2, 0) is 17.7 Å². The molecular weight excluding hydrogens is 376 g/mol. The van der Waals surface area contributed by atoms with Crippen LogP contribution >= 0.6 is 0 Å². The summed E-state index contributed by atoms with van der Waals surface area (Å²) in [7, 11) is 1.68. The van der Waals surface area contributed by atoms with Gasteiger partial charge in [-0.05, 0) is 43.5 Å². The van der Waals surface area contributed by atoms with Crippen molar-refractivity contribution in [1.82, 2.24) is 15.6 Å². The van der Waals surface area contributed by atoms with E-state index in [-0.39, 0.29) is 0 Å². The number of guanidine groups is 1. The first-order chi connectivity index (χ1) is 14.7. The van der Waals surface area contributed by atoms with E-state index in [0.29, 0.717) is 19.8 Å². The fraction of sp³-hybridized carbons (Fsp3) is 0.375. The van der Waals surface area contributed by atoms with E-state index >= 15 is 0 Å². The number of rotatable bonds is 10. The third-order valence-corrected chi connectivity index (χ3v) is 4.88. The van der Waals surface area contributed by atoms with Crippen LogP contribution in [0.25, 0.3) is 10.9 Å². The molecule has 3 N–H and O–H groups in total. The van der Waals surface area contributed by atoms with E-state index in [2.05, 4.69) is 78.1 Å². The van der Waals surface area contributed by atoms with Crippen LogP contribution in [0.1, 0.15) is 23.6 Å². The Labute approximate surface area is 178 Å². The second-order valence-corrected chi connectivity index (χ2v) is 7.18. The smallest absolute Gasteiger partial charge is 0.191 e. The van der Waals surface area contributed by atoms with Gasteiger partial charge in [-0.15, -0.1) is 0 Å². The highest BCUT2D eigenvalue weighted by atomic mass is 16.5. The number of fused-ring (bicyclic) bond motifs is 1. The van der Waals surface area contributed by atoms with Gasteiger partial charge in [0, 0.05) is 42.9 Å². The number of H-pyrrole nitrogens is 1. The molecule has 0 radical (unpaired) electrons. The quantitative estimate of drug-likeness (QED) is 0.271.